The van der Waals surface area contributed by atoms with Crippen molar-refractivity contribution in [3.8, 4) is 0 Å². The van der Waals surface area contributed by atoms with Crippen LogP contribution >= 0.6 is 23.2 Å². The van der Waals surface area contributed by atoms with Crippen LogP contribution in [0.5, 0.6) is 0 Å². The molecule has 0 bridgehead atoms. The monoisotopic (exact) mass is 382 g/mol. The lowest BCUT2D eigenvalue weighted by Gasteiger charge is -2.35. The third-order valence-corrected chi connectivity index (χ3v) is 5.76. The van der Waals surface area contributed by atoms with Gasteiger partial charge in [-0.1, -0.05) is 29.3 Å². The fraction of sp³-hybridized carbons (Fsp3) is 0.579. The van der Waals surface area contributed by atoms with E-state index in [0.29, 0.717) is 22.3 Å². The molecule has 0 amide bonds. The summed E-state index contributed by atoms with van der Waals surface area (Å²) in [5, 5.41) is 1.37. The summed E-state index contributed by atoms with van der Waals surface area (Å²) in [5.74, 6) is 0. The summed E-state index contributed by atoms with van der Waals surface area (Å²) >= 11 is 12.6. The van der Waals surface area contributed by atoms with Crippen molar-refractivity contribution in [3.05, 3.63) is 46.2 Å². The summed E-state index contributed by atoms with van der Waals surface area (Å²) in [5.41, 5.74) is 1.08. The second-order valence-corrected chi connectivity index (χ2v) is 7.84. The Balaban J connectivity index is 1.56. The first kappa shape index (κ1) is 17.5. The second-order valence-electron chi connectivity index (χ2n) is 7.00. The highest BCUT2D eigenvalue weighted by molar-refractivity contribution is 6.35. The minimum absolute atomic E-state index is 0.0677. The predicted octanol–water partition coefficient (Wildman–Crippen LogP) is 4.44. The zero-order valence-corrected chi connectivity index (χ0v) is 15.8. The van der Waals surface area contributed by atoms with Crippen LogP contribution in [0.25, 0.3) is 0 Å². The molecule has 0 saturated carbocycles. The van der Waals surface area contributed by atoms with Crippen molar-refractivity contribution < 1.29 is 9.47 Å². The number of nitrogens with zero attached hydrogens (tertiary/aromatic N) is 2. The molecule has 1 aromatic rings. The maximum absolute atomic E-state index is 6.55. The summed E-state index contributed by atoms with van der Waals surface area (Å²) in [4.78, 5) is 4.67. The molecule has 136 valence electrons. The van der Waals surface area contributed by atoms with Gasteiger partial charge in [0.2, 0.25) is 0 Å². The fourth-order valence-electron chi connectivity index (χ4n) is 3.96. The van der Waals surface area contributed by atoms with Crippen LogP contribution in [0.2, 0.25) is 10.0 Å². The van der Waals surface area contributed by atoms with Gasteiger partial charge in [-0.25, -0.2) is 0 Å². The van der Waals surface area contributed by atoms with Crippen molar-refractivity contribution in [2.45, 2.75) is 44.1 Å². The lowest BCUT2D eigenvalue weighted by molar-refractivity contribution is 0.0342. The average molecular weight is 383 g/mol. The summed E-state index contributed by atoms with van der Waals surface area (Å²) in [6.45, 7) is 3.49. The van der Waals surface area contributed by atoms with Gasteiger partial charge < -0.3 is 19.3 Å². The Labute approximate surface area is 159 Å². The number of halogens is 2. The lowest BCUT2D eigenvalue weighted by atomic mass is 10.1. The number of ether oxygens (including phenoxy) is 2. The molecule has 4 rings (SSSR count). The predicted molar refractivity (Wildman–Crippen MR) is 99.7 cm³/mol. The molecule has 2 unspecified atom stereocenters. The molecule has 3 heterocycles. The molecule has 0 aliphatic carbocycles. The van der Waals surface area contributed by atoms with Gasteiger partial charge in [0.05, 0.1) is 12.2 Å². The molecular formula is C19H24Cl2N2O2. The Hall–Kier alpha value is -0.940. The van der Waals surface area contributed by atoms with Crippen LogP contribution in [0.1, 0.15) is 37.4 Å². The van der Waals surface area contributed by atoms with Crippen molar-refractivity contribution in [1.82, 2.24) is 9.80 Å². The molecular weight excluding hydrogens is 359 g/mol. The number of hydrogen-bond donors (Lipinski definition) is 0. The fourth-order valence-corrected chi connectivity index (χ4v) is 4.47. The molecule has 0 radical (unpaired) electrons. The first-order valence-electron chi connectivity index (χ1n) is 9.09. The SMILES string of the molecule is Clc1ccc(C2N(CC3CCCO3)C=CN2CC2CCCO2)c(Cl)c1. The van der Waals surface area contributed by atoms with Crippen molar-refractivity contribution in [2.24, 2.45) is 0 Å². The summed E-state index contributed by atoms with van der Waals surface area (Å²) in [6.07, 6.45) is 9.51. The zero-order chi connectivity index (χ0) is 17.2. The maximum atomic E-state index is 6.55. The van der Waals surface area contributed by atoms with E-state index in [1.807, 2.05) is 18.2 Å². The van der Waals surface area contributed by atoms with E-state index >= 15 is 0 Å². The van der Waals surface area contributed by atoms with Crippen molar-refractivity contribution in [2.75, 3.05) is 26.3 Å². The Morgan fingerprint density at radius 2 is 1.52 bits per heavy atom. The molecule has 1 aromatic carbocycles. The second kappa shape index (κ2) is 7.75. The van der Waals surface area contributed by atoms with Crippen molar-refractivity contribution in [3.63, 3.8) is 0 Å². The molecule has 0 aromatic heterocycles. The van der Waals surface area contributed by atoms with Gasteiger partial charge in [0.25, 0.3) is 0 Å². The van der Waals surface area contributed by atoms with Gasteiger partial charge in [0, 0.05) is 54.3 Å². The molecule has 3 aliphatic heterocycles. The quantitative estimate of drug-likeness (QED) is 0.751. The van der Waals surface area contributed by atoms with Crippen LogP contribution < -0.4 is 0 Å². The normalized spacial score (nSPS) is 29.1. The van der Waals surface area contributed by atoms with Crippen LogP contribution in [-0.4, -0.2) is 48.3 Å². The first-order valence-corrected chi connectivity index (χ1v) is 9.84. The molecule has 2 fully saturated rings. The summed E-state index contributed by atoms with van der Waals surface area (Å²) < 4.78 is 11.7. The lowest BCUT2D eigenvalue weighted by Crippen LogP contribution is -2.38. The van der Waals surface area contributed by atoms with E-state index in [2.05, 4.69) is 22.2 Å². The van der Waals surface area contributed by atoms with E-state index in [4.69, 9.17) is 32.7 Å². The molecule has 4 nitrogen and oxygen atoms in total. The van der Waals surface area contributed by atoms with Crippen molar-refractivity contribution >= 4 is 23.2 Å². The van der Waals surface area contributed by atoms with Crippen LogP contribution in [0.3, 0.4) is 0 Å². The largest absolute Gasteiger partial charge is 0.376 e. The summed E-state index contributed by atoms with van der Waals surface area (Å²) in [7, 11) is 0. The van der Waals surface area contributed by atoms with E-state index in [9.17, 15) is 0 Å². The zero-order valence-electron chi connectivity index (χ0n) is 14.2. The average Bonchev–Trinajstić information content (AvgIpc) is 3.32. The Kier molecular flexibility index (Phi) is 5.41. The van der Waals surface area contributed by atoms with Gasteiger partial charge >= 0.3 is 0 Å². The summed E-state index contributed by atoms with van der Waals surface area (Å²) in [6, 6.07) is 5.77. The third-order valence-electron chi connectivity index (χ3n) is 5.20. The van der Waals surface area contributed by atoms with Crippen LogP contribution in [0, 0.1) is 0 Å². The number of benzene rings is 1. The van der Waals surface area contributed by atoms with E-state index in [1.54, 1.807) is 0 Å². The Morgan fingerprint density at radius 1 is 0.920 bits per heavy atom. The van der Waals surface area contributed by atoms with Gasteiger partial charge in [-0.05, 0) is 37.8 Å². The van der Waals surface area contributed by atoms with Crippen LogP contribution in [0.15, 0.2) is 30.6 Å². The smallest absolute Gasteiger partial charge is 0.129 e. The van der Waals surface area contributed by atoms with Crippen LogP contribution in [-0.2, 0) is 9.47 Å². The molecule has 0 N–H and O–H groups in total. The molecule has 3 aliphatic rings. The number of hydrogen-bond acceptors (Lipinski definition) is 4. The Morgan fingerprint density at radius 3 is 2.00 bits per heavy atom. The molecule has 0 spiro atoms. The van der Waals surface area contributed by atoms with Gasteiger partial charge in [-0.2, -0.15) is 0 Å². The maximum Gasteiger partial charge on any atom is 0.129 e. The van der Waals surface area contributed by atoms with E-state index in [1.165, 1.54) is 0 Å². The number of rotatable bonds is 5. The van der Waals surface area contributed by atoms with Gasteiger partial charge in [0.1, 0.15) is 6.17 Å². The third kappa shape index (κ3) is 3.92. The van der Waals surface area contributed by atoms with E-state index < -0.39 is 0 Å². The highest BCUT2D eigenvalue weighted by Crippen LogP contribution is 2.37. The highest BCUT2D eigenvalue weighted by atomic mass is 35.5. The first-order chi connectivity index (χ1) is 12.2. The van der Waals surface area contributed by atoms with Gasteiger partial charge in [-0.3, -0.25) is 0 Å². The molecule has 6 heteroatoms. The standard InChI is InChI=1S/C19H24Cl2N2O2/c20-14-5-6-17(18(21)11-14)19-22(12-15-3-1-9-24-15)7-8-23(19)13-16-4-2-10-25-16/h5-8,11,15-16,19H,1-4,9-10,12-13H2. The highest BCUT2D eigenvalue weighted by Gasteiger charge is 2.34. The van der Waals surface area contributed by atoms with E-state index in [0.717, 1.165) is 57.6 Å². The minimum Gasteiger partial charge on any atom is -0.376 e. The van der Waals surface area contributed by atoms with Gasteiger partial charge in [-0.15, -0.1) is 0 Å². The van der Waals surface area contributed by atoms with Crippen molar-refractivity contribution in [1.29, 1.82) is 0 Å². The molecule has 25 heavy (non-hydrogen) atoms. The molecule has 2 atom stereocenters. The topological polar surface area (TPSA) is 24.9 Å². The Bertz CT molecular complexity index is 600. The van der Waals surface area contributed by atoms with E-state index in [-0.39, 0.29) is 6.17 Å². The van der Waals surface area contributed by atoms with Crippen LogP contribution in [0.4, 0.5) is 0 Å². The molecule has 2 saturated heterocycles. The minimum atomic E-state index is 0.0677. The van der Waals surface area contributed by atoms with Gasteiger partial charge in [0.15, 0.2) is 0 Å².